The molecule has 0 aromatic rings. The number of fused-ring (bicyclic) bond motifs is 5. The Labute approximate surface area is 362 Å². The van der Waals surface area contributed by atoms with Gasteiger partial charge in [0.15, 0.2) is 0 Å². The summed E-state index contributed by atoms with van der Waals surface area (Å²) in [5.74, 6) is 1.33. The van der Waals surface area contributed by atoms with Crippen molar-refractivity contribution >= 4 is 31.2 Å². The van der Waals surface area contributed by atoms with E-state index in [9.17, 15) is 38.9 Å². The molecule has 4 rings (SSSR count). The van der Waals surface area contributed by atoms with Crippen LogP contribution in [0.5, 0.6) is 0 Å². The molecular weight excluding hydrogens is 730 g/mol. The second kappa shape index (κ2) is 17.8. The third-order valence-corrected chi connectivity index (χ3v) is 15.4. The van der Waals surface area contributed by atoms with Crippen LogP contribution >= 0.6 is 0 Å². The van der Waals surface area contributed by atoms with Crippen molar-refractivity contribution in [2.45, 2.75) is 131 Å². The van der Waals surface area contributed by atoms with Gasteiger partial charge in [0.2, 0.25) is 31.2 Å². The molecule has 18 heteroatoms. The largest absolute Gasteiger partial charge is 1.00 e. The van der Waals surface area contributed by atoms with Gasteiger partial charge in [-0.3, -0.25) is 12.5 Å². The van der Waals surface area contributed by atoms with E-state index in [1.807, 2.05) is 6.92 Å². The Morgan fingerprint density at radius 3 is 1.67 bits per heavy atom. The van der Waals surface area contributed by atoms with E-state index >= 15 is 0 Å². The van der Waals surface area contributed by atoms with Crippen molar-refractivity contribution in [3.05, 3.63) is 0 Å². The number of hydrogen-bond donors (Lipinski definition) is 0. The van der Waals surface area contributed by atoms with E-state index < -0.39 is 60.8 Å². The third-order valence-electron chi connectivity index (χ3n) is 13.9. The Hall–Kier alpha value is 2.61. The SMILES string of the molecule is CC(C)C(C)(C)[C@@H](C)CC[C@@H](C)[C@H]1CC[C@H]2[C@@H]3C[C@H](OS(=O)(=O)[O-])C4C[C@H](OS(=O)(=O)[O-])[C@@H](OS(=O)(=O)[O-])C[C@]4(C)[C@H]3CC[C@]12C.[Na+].[Na+].[Na+]. The molecule has 49 heavy (non-hydrogen) atoms. The topological polar surface area (TPSA) is 199 Å². The van der Waals surface area contributed by atoms with Crippen LogP contribution in [0.4, 0.5) is 0 Å². The molecule has 0 aliphatic heterocycles. The van der Waals surface area contributed by atoms with Crippen molar-refractivity contribution in [2.24, 2.45) is 63.6 Å². The molecule has 12 nitrogen and oxygen atoms in total. The van der Waals surface area contributed by atoms with Gasteiger partial charge in [-0.1, -0.05) is 61.8 Å². The Bertz CT molecular complexity index is 1440. The van der Waals surface area contributed by atoms with E-state index in [0.717, 1.165) is 38.5 Å². The van der Waals surface area contributed by atoms with Crippen molar-refractivity contribution in [3.63, 3.8) is 0 Å². The standard InChI is InChI=1S/C31H56O12S3.3Na/c1-18(2)29(5,6)20(4)10-9-19(3)22-11-12-23-21-15-26(41-44(32,33)34)25-16-27(42-45(35,36)37)28(43-46(38,39)40)17-31(25,8)24(21)13-14-30(22,23)7;;;/h18-28H,9-17H2,1-8H3,(H,32,33,34)(H,35,36,37)(H,38,39,40);;;/q;3*+1/p-3/t19-,20+,21+,22-,23+,24+,25?,26+,27+,28+,30-,31-;;;/m1.../s1. The van der Waals surface area contributed by atoms with Crippen LogP contribution in [0.15, 0.2) is 0 Å². The number of hydrogen-bond acceptors (Lipinski definition) is 12. The molecule has 4 saturated carbocycles. The molecule has 1 unspecified atom stereocenters. The normalized spacial score (nSPS) is 37.7. The third kappa shape index (κ3) is 11.4. The minimum atomic E-state index is -5.35. The average Bonchev–Trinajstić information content (AvgIpc) is 3.22. The van der Waals surface area contributed by atoms with Gasteiger partial charge in [-0.15, -0.1) is 0 Å². The molecule has 4 fully saturated rings. The van der Waals surface area contributed by atoms with Gasteiger partial charge in [-0.25, -0.2) is 25.3 Å². The first-order chi connectivity index (χ1) is 20.8. The zero-order valence-corrected chi connectivity index (χ0v) is 39.8. The zero-order chi connectivity index (χ0) is 34.8. The summed E-state index contributed by atoms with van der Waals surface area (Å²) in [7, 11) is -15.8. The molecule has 0 amide bonds. The van der Waals surface area contributed by atoms with Crippen LogP contribution in [0.3, 0.4) is 0 Å². The first-order valence-electron chi connectivity index (χ1n) is 16.7. The molecule has 0 saturated heterocycles. The van der Waals surface area contributed by atoms with Gasteiger partial charge in [0.25, 0.3) is 0 Å². The zero-order valence-electron chi connectivity index (χ0n) is 31.3. The molecule has 12 atom stereocenters. The van der Waals surface area contributed by atoms with Crippen LogP contribution in [0.25, 0.3) is 0 Å². The van der Waals surface area contributed by atoms with Gasteiger partial charge in [0.1, 0.15) is 12.2 Å². The summed E-state index contributed by atoms with van der Waals surface area (Å²) in [5, 5.41) is 0. The van der Waals surface area contributed by atoms with Crippen LogP contribution in [-0.2, 0) is 43.7 Å². The summed E-state index contributed by atoms with van der Waals surface area (Å²) >= 11 is 0. The molecule has 0 spiro atoms. The summed E-state index contributed by atoms with van der Waals surface area (Å²) in [6, 6.07) is 0. The molecule has 270 valence electrons. The smallest absolute Gasteiger partial charge is 0.726 e. The first-order valence-corrected chi connectivity index (χ1v) is 20.7. The predicted octanol–water partition coefficient (Wildman–Crippen LogP) is -3.85. The summed E-state index contributed by atoms with van der Waals surface area (Å²) < 4.78 is 120. The second-order valence-electron chi connectivity index (χ2n) is 16.5. The Morgan fingerprint density at radius 1 is 0.673 bits per heavy atom. The average molecular weight is 783 g/mol. The summed E-state index contributed by atoms with van der Waals surface area (Å²) in [6.07, 6.45) is 1.13. The van der Waals surface area contributed by atoms with Crippen molar-refractivity contribution < 1.29 is 140 Å². The van der Waals surface area contributed by atoms with Crippen LogP contribution in [0.1, 0.15) is 113 Å². The molecule has 0 radical (unpaired) electrons. The number of rotatable bonds is 12. The fourth-order valence-electron chi connectivity index (χ4n) is 10.6. The molecule has 0 N–H and O–H groups in total. The van der Waals surface area contributed by atoms with Crippen molar-refractivity contribution in [2.75, 3.05) is 0 Å². The molecule has 4 aliphatic rings. The van der Waals surface area contributed by atoms with Gasteiger partial charge in [0.05, 0.1) is 6.10 Å². The molecular formula is C31H53Na3O12S3. The van der Waals surface area contributed by atoms with Gasteiger partial charge in [0, 0.05) is 0 Å². The quantitative estimate of drug-likeness (QED) is 0.106. The van der Waals surface area contributed by atoms with E-state index in [2.05, 4.69) is 52.6 Å². The van der Waals surface area contributed by atoms with E-state index in [0.29, 0.717) is 23.7 Å². The Kier molecular flexibility index (Phi) is 18.0. The van der Waals surface area contributed by atoms with Crippen LogP contribution in [-0.4, -0.2) is 57.2 Å². The van der Waals surface area contributed by atoms with Crippen molar-refractivity contribution in [1.29, 1.82) is 0 Å². The predicted molar refractivity (Wildman–Crippen MR) is 166 cm³/mol. The maximum Gasteiger partial charge on any atom is 1.00 e. The minimum absolute atomic E-state index is 0. The van der Waals surface area contributed by atoms with E-state index in [1.165, 1.54) is 0 Å². The maximum absolute atomic E-state index is 12.0. The molecule has 0 bridgehead atoms. The van der Waals surface area contributed by atoms with E-state index in [1.54, 1.807) is 0 Å². The maximum atomic E-state index is 12.0. The monoisotopic (exact) mass is 782 g/mol. The fourth-order valence-corrected chi connectivity index (χ4v) is 12.2. The fraction of sp³-hybridized carbons (Fsp3) is 1.00. The van der Waals surface area contributed by atoms with Crippen molar-refractivity contribution in [1.82, 2.24) is 0 Å². The van der Waals surface area contributed by atoms with Gasteiger partial charge in [-0.05, 0) is 115 Å². The molecule has 0 aromatic heterocycles. The Morgan fingerprint density at radius 2 is 1.16 bits per heavy atom. The first kappa shape index (κ1) is 49.6. The van der Waals surface area contributed by atoms with E-state index in [4.69, 9.17) is 8.37 Å². The minimum Gasteiger partial charge on any atom is -0.726 e. The molecule has 0 heterocycles. The second-order valence-corrected chi connectivity index (χ2v) is 19.5. The van der Waals surface area contributed by atoms with Gasteiger partial charge >= 0.3 is 88.7 Å². The van der Waals surface area contributed by atoms with Crippen LogP contribution in [0.2, 0.25) is 0 Å². The summed E-state index contributed by atoms with van der Waals surface area (Å²) in [5.41, 5.74) is -0.713. The van der Waals surface area contributed by atoms with Crippen LogP contribution in [0, 0.1) is 63.6 Å². The van der Waals surface area contributed by atoms with Gasteiger partial charge in [-0.2, -0.15) is 0 Å². The summed E-state index contributed by atoms with van der Waals surface area (Å²) in [6.45, 7) is 18.0. The van der Waals surface area contributed by atoms with E-state index in [-0.39, 0.29) is 137 Å². The van der Waals surface area contributed by atoms with Crippen molar-refractivity contribution in [3.8, 4) is 0 Å². The Balaban J connectivity index is 0.00000400. The molecule has 0 aromatic carbocycles. The summed E-state index contributed by atoms with van der Waals surface area (Å²) in [4.78, 5) is 0. The van der Waals surface area contributed by atoms with Crippen LogP contribution < -0.4 is 88.7 Å². The molecule has 4 aliphatic carbocycles. The van der Waals surface area contributed by atoms with Gasteiger partial charge < -0.3 is 13.7 Å².